The van der Waals surface area contributed by atoms with Gasteiger partial charge in [-0.3, -0.25) is 14.2 Å². The van der Waals surface area contributed by atoms with Crippen molar-refractivity contribution in [3.05, 3.63) is 50.8 Å². The van der Waals surface area contributed by atoms with E-state index in [0.29, 0.717) is 15.2 Å². The van der Waals surface area contributed by atoms with E-state index in [4.69, 9.17) is 10.6 Å². The molecule has 132 valence electrons. The second-order valence-electron chi connectivity index (χ2n) is 5.25. The van der Waals surface area contributed by atoms with Crippen molar-refractivity contribution in [3.8, 4) is 11.4 Å². The van der Waals surface area contributed by atoms with Gasteiger partial charge < -0.3 is 4.74 Å². The number of hydrogen-bond donors (Lipinski definition) is 1. The third-order valence-electron chi connectivity index (χ3n) is 3.69. The van der Waals surface area contributed by atoms with Gasteiger partial charge in [0.1, 0.15) is 17.1 Å². The summed E-state index contributed by atoms with van der Waals surface area (Å²) >= 11 is 0. The van der Waals surface area contributed by atoms with Crippen molar-refractivity contribution in [1.82, 2.24) is 9.13 Å². The number of amides is 1. The Balaban J connectivity index is 2.22. The molecule has 11 heteroatoms. The van der Waals surface area contributed by atoms with E-state index >= 15 is 0 Å². The summed E-state index contributed by atoms with van der Waals surface area (Å²) in [4.78, 5) is 35.9. The largest absolute Gasteiger partial charge is 0.481 e. The summed E-state index contributed by atoms with van der Waals surface area (Å²) in [6.45, 7) is -0.273. The molecule has 2 heterocycles. The fraction of sp³-hybridized carbons (Fsp3) is 0.214. The molecule has 1 aliphatic heterocycles. The minimum absolute atomic E-state index is 0.0492. The number of hydrogen-bond acceptors (Lipinski definition) is 5. The number of nitrogens with zero attached hydrogens (tertiary/aromatic N) is 3. The molecule has 0 unspecified atom stereocenters. The Morgan fingerprint density at radius 2 is 1.84 bits per heavy atom. The number of carbonyl (C=O) groups excluding carboxylic acids is 1. The maximum Gasteiger partial charge on any atom is 0.431 e. The summed E-state index contributed by atoms with van der Waals surface area (Å²) in [5, 5.41) is 0.780. The minimum Gasteiger partial charge on any atom is -0.481 e. The quantitative estimate of drug-likeness (QED) is 0.579. The Bertz CT molecular complexity index is 993. The van der Waals surface area contributed by atoms with Crippen molar-refractivity contribution in [3.63, 3.8) is 0 Å². The van der Waals surface area contributed by atoms with Gasteiger partial charge in [-0.15, -0.1) is 0 Å². The predicted octanol–water partition coefficient (Wildman–Crippen LogP) is 0.154. The minimum atomic E-state index is -4.85. The van der Waals surface area contributed by atoms with Crippen LogP contribution in [0.5, 0.6) is 5.75 Å². The van der Waals surface area contributed by atoms with Gasteiger partial charge in [-0.25, -0.2) is 20.2 Å². The molecule has 8 nitrogen and oxygen atoms in total. The lowest BCUT2D eigenvalue weighted by Gasteiger charge is -2.25. The van der Waals surface area contributed by atoms with E-state index in [2.05, 4.69) is 0 Å². The number of aromatic nitrogens is 2. The number of anilines is 1. The number of rotatable bonds is 1. The summed E-state index contributed by atoms with van der Waals surface area (Å²) in [7, 11) is 0.904. The molecule has 0 aliphatic carbocycles. The zero-order valence-electron chi connectivity index (χ0n) is 12.7. The lowest BCUT2D eigenvalue weighted by Crippen LogP contribution is -2.44. The van der Waals surface area contributed by atoms with E-state index in [1.807, 2.05) is 0 Å². The Morgan fingerprint density at radius 1 is 1.16 bits per heavy atom. The lowest BCUT2D eigenvalue weighted by atomic mass is 10.2. The number of halogens is 3. The van der Waals surface area contributed by atoms with Crippen LogP contribution in [0, 0.1) is 0 Å². The summed E-state index contributed by atoms with van der Waals surface area (Å²) < 4.78 is 44.7. The zero-order valence-corrected chi connectivity index (χ0v) is 12.7. The molecule has 0 saturated heterocycles. The molecule has 0 radical (unpaired) electrons. The molecule has 25 heavy (non-hydrogen) atoms. The maximum absolute atomic E-state index is 12.9. The molecule has 1 amide bonds. The second kappa shape index (κ2) is 5.48. The van der Waals surface area contributed by atoms with Crippen LogP contribution >= 0.6 is 0 Å². The van der Waals surface area contributed by atoms with Crippen molar-refractivity contribution in [2.45, 2.75) is 6.18 Å². The second-order valence-corrected chi connectivity index (χ2v) is 5.25. The van der Waals surface area contributed by atoms with Crippen molar-refractivity contribution in [1.29, 1.82) is 0 Å². The third-order valence-corrected chi connectivity index (χ3v) is 3.69. The number of carbonyl (C=O) groups is 1. The normalized spacial score (nSPS) is 14.3. The number of hydrazine groups is 1. The fourth-order valence-corrected chi connectivity index (χ4v) is 2.43. The Labute approximate surface area is 137 Å². The van der Waals surface area contributed by atoms with Crippen molar-refractivity contribution in [2.75, 3.05) is 11.6 Å². The Kier molecular flexibility index (Phi) is 3.68. The smallest absolute Gasteiger partial charge is 0.431 e. The monoisotopic (exact) mass is 356 g/mol. The Morgan fingerprint density at radius 3 is 2.48 bits per heavy atom. The highest BCUT2D eigenvalue weighted by molar-refractivity contribution is 5.97. The molecule has 3 rings (SSSR count). The number of alkyl halides is 3. The molecule has 1 aromatic carbocycles. The molecule has 2 aromatic rings. The van der Waals surface area contributed by atoms with Gasteiger partial charge in [-0.2, -0.15) is 13.2 Å². The van der Waals surface area contributed by atoms with Gasteiger partial charge in [0.2, 0.25) is 0 Å². The van der Waals surface area contributed by atoms with Crippen molar-refractivity contribution >= 4 is 11.6 Å². The van der Waals surface area contributed by atoms with Gasteiger partial charge in [0, 0.05) is 13.1 Å². The summed E-state index contributed by atoms with van der Waals surface area (Å²) in [5.74, 6) is 5.29. The molecule has 0 fully saturated rings. The van der Waals surface area contributed by atoms with Gasteiger partial charge >= 0.3 is 11.9 Å². The van der Waals surface area contributed by atoms with E-state index in [0.717, 1.165) is 12.1 Å². The van der Waals surface area contributed by atoms with Crippen LogP contribution in [0.25, 0.3) is 5.69 Å². The SMILES string of the molecule is Cn1c(C(F)(F)F)cc(=O)n(-c2ccc3c(c2)N(N)C(=O)CO3)c1=O. The third kappa shape index (κ3) is 2.67. The molecule has 1 aliphatic rings. The average molecular weight is 356 g/mol. The zero-order chi connectivity index (χ0) is 18.5. The number of ether oxygens (including phenoxy) is 1. The van der Waals surface area contributed by atoms with Crippen LogP contribution in [0.2, 0.25) is 0 Å². The highest BCUT2D eigenvalue weighted by Gasteiger charge is 2.35. The predicted molar refractivity (Wildman–Crippen MR) is 79.5 cm³/mol. The van der Waals surface area contributed by atoms with Crippen LogP contribution < -0.4 is 26.8 Å². The molecule has 1 aromatic heterocycles. The molecule has 0 bridgehead atoms. The summed E-state index contributed by atoms with van der Waals surface area (Å²) in [6.07, 6.45) is -4.85. The molecular formula is C14H11F3N4O4. The van der Waals surface area contributed by atoms with Crippen LogP contribution in [0.4, 0.5) is 18.9 Å². The van der Waals surface area contributed by atoms with E-state index in [9.17, 15) is 27.6 Å². The topological polar surface area (TPSA) is 99.6 Å². The number of benzene rings is 1. The molecular weight excluding hydrogens is 345 g/mol. The van der Waals surface area contributed by atoms with E-state index in [1.165, 1.54) is 18.2 Å². The van der Waals surface area contributed by atoms with Gasteiger partial charge in [-0.1, -0.05) is 0 Å². The molecule has 0 atom stereocenters. The maximum atomic E-state index is 12.9. The lowest BCUT2D eigenvalue weighted by molar-refractivity contribution is -0.144. The first-order valence-electron chi connectivity index (χ1n) is 6.86. The van der Waals surface area contributed by atoms with Gasteiger partial charge in [-0.05, 0) is 18.2 Å². The summed E-state index contributed by atoms with van der Waals surface area (Å²) in [6, 6.07) is 4.20. The van der Waals surface area contributed by atoms with E-state index in [-0.39, 0.29) is 23.7 Å². The van der Waals surface area contributed by atoms with E-state index < -0.39 is 29.0 Å². The summed E-state index contributed by atoms with van der Waals surface area (Å²) in [5.41, 5.74) is -3.68. The fourth-order valence-electron chi connectivity index (χ4n) is 2.43. The molecule has 0 spiro atoms. The van der Waals surface area contributed by atoms with Crippen molar-refractivity contribution in [2.24, 2.45) is 12.9 Å². The van der Waals surface area contributed by atoms with E-state index in [1.54, 1.807) is 0 Å². The number of nitrogens with two attached hydrogens (primary N) is 1. The first kappa shape index (κ1) is 16.8. The van der Waals surface area contributed by atoms with Crippen LogP contribution in [-0.4, -0.2) is 21.6 Å². The van der Waals surface area contributed by atoms with Gasteiger partial charge in [0.25, 0.3) is 11.5 Å². The number of fused-ring (bicyclic) bond motifs is 1. The molecule has 2 N–H and O–H groups in total. The van der Waals surface area contributed by atoms with Gasteiger partial charge in [0.15, 0.2) is 6.61 Å². The molecule has 0 saturated carbocycles. The highest BCUT2D eigenvalue weighted by Crippen LogP contribution is 2.32. The first-order chi connectivity index (χ1) is 11.6. The average Bonchev–Trinajstić information content (AvgIpc) is 2.54. The van der Waals surface area contributed by atoms with Crippen molar-refractivity contribution < 1.29 is 22.7 Å². The Hall–Kier alpha value is -3.08. The van der Waals surface area contributed by atoms with Crippen LogP contribution in [0.15, 0.2) is 33.9 Å². The van der Waals surface area contributed by atoms with Crippen LogP contribution in [0.1, 0.15) is 5.69 Å². The first-order valence-corrected chi connectivity index (χ1v) is 6.86. The standard InChI is InChI=1S/C14H11F3N4O4/c1-19-10(14(15,16)17)5-11(22)20(13(19)24)7-2-3-9-8(4-7)21(18)12(23)6-25-9/h2-5H,6,18H2,1H3. The van der Waals surface area contributed by atoms with Crippen LogP contribution in [0.3, 0.4) is 0 Å². The highest BCUT2D eigenvalue weighted by atomic mass is 19.4. The van der Waals surface area contributed by atoms with Gasteiger partial charge in [0.05, 0.1) is 5.69 Å². The van der Waals surface area contributed by atoms with Crippen LogP contribution in [-0.2, 0) is 18.0 Å².